The number of carboxylic acid groups (broad SMARTS) is 1. The third-order valence-corrected chi connectivity index (χ3v) is 1.50. The van der Waals surface area contributed by atoms with Crippen molar-refractivity contribution < 1.29 is 9.90 Å². The van der Waals surface area contributed by atoms with E-state index in [1.165, 1.54) is 24.6 Å². The molecule has 0 atom stereocenters. The Bertz CT molecular complexity index is 399. The first-order chi connectivity index (χ1) is 7.30. The molecule has 0 aromatic heterocycles. The molecule has 4 nitrogen and oxygen atoms in total. The maximum Gasteiger partial charge on any atom is 0.335 e. The molecule has 0 amide bonds. The molecule has 0 aliphatic carbocycles. The maximum absolute atomic E-state index is 10.7. The Kier molecular flexibility index (Phi) is 4.53. The predicted octanol–water partition coefficient (Wildman–Crippen LogP) is 2.60. The molecule has 1 rings (SSSR count). The van der Waals surface area contributed by atoms with Crippen LogP contribution in [0.3, 0.4) is 0 Å². The van der Waals surface area contributed by atoms with Gasteiger partial charge in [0.15, 0.2) is 0 Å². The molecule has 1 heterocycles. The van der Waals surface area contributed by atoms with Crippen LogP contribution in [0.25, 0.3) is 0 Å². The highest BCUT2D eigenvalue weighted by atomic mass is 16.4. The lowest BCUT2D eigenvalue weighted by molar-refractivity contribution is -0.132. The predicted molar refractivity (Wildman–Crippen MR) is 57.1 cm³/mol. The van der Waals surface area contributed by atoms with E-state index in [1.807, 2.05) is 0 Å². The van der Waals surface area contributed by atoms with Gasteiger partial charge in [0, 0.05) is 12.4 Å². The average Bonchev–Trinajstić information content (AvgIpc) is 2.18. The lowest BCUT2D eigenvalue weighted by Crippen LogP contribution is -1.96. The number of rotatable bonds is 1. The molecule has 0 spiro atoms. The molecule has 76 valence electrons. The number of hydrogen-bond donors (Lipinski definition) is 1. The van der Waals surface area contributed by atoms with Gasteiger partial charge in [0.2, 0.25) is 0 Å². The van der Waals surface area contributed by atoms with Gasteiger partial charge < -0.3 is 5.11 Å². The number of aliphatic carboxylic acids is 1. The SMILES string of the molecule is O=C(O)C1=CC=CC=CN=NC=CC=C1. The van der Waals surface area contributed by atoms with Crippen molar-refractivity contribution in [1.29, 1.82) is 0 Å². The number of hydrogen-bond acceptors (Lipinski definition) is 3. The van der Waals surface area contributed by atoms with E-state index in [9.17, 15) is 4.79 Å². The minimum atomic E-state index is -0.966. The highest BCUT2D eigenvalue weighted by Gasteiger charge is 1.99. The van der Waals surface area contributed by atoms with Gasteiger partial charge in [-0.15, -0.1) is 0 Å². The zero-order chi connectivity index (χ0) is 10.9. The summed E-state index contributed by atoms with van der Waals surface area (Å²) in [6.45, 7) is 0. The number of carboxylic acids is 1. The molecule has 0 saturated heterocycles. The van der Waals surface area contributed by atoms with E-state index in [1.54, 1.807) is 30.4 Å². The third-order valence-electron chi connectivity index (χ3n) is 1.50. The highest BCUT2D eigenvalue weighted by molar-refractivity contribution is 5.90. The molecule has 0 aromatic rings. The fraction of sp³-hybridized carbons (Fsp3) is 0. The summed E-state index contributed by atoms with van der Waals surface area (Å²) >= 11 is 0. The summed E-state index contributed by atoms with van der Waals surface area (Å²) in [5.41, 5.74) is 0.210. The molecule has 0 bridgehead atoms. The second-order valence-electron chi connectivity index (χ2n) is 2.59. The van der Waals surface area contributed by atoms with E-state index in [2.05, 4.69) is 10.2 Å². The van der Waals surface area contributed by atoms with Gasteiger partial charge in [-0.2, -0.15) is 10.2 Å². The van der Waals surface area contributed by atoms with Crippen LogP contribution in [0.4, 0.5) is 0 Å². The van der Waals surface area contributed by atoms with Crippen molar-refractivity contribution in [2.75, 3.05) is 0 Å². The maximum atomic E-state index is 10.7. The van der Waals surface area contributed by atoms with Crippen molar-refractivity contribution in [3.63, 3.8) is 0 Å². The Balaban J connectivity index is 2.92. The largest absolute Gasteiger partial charge is 0.478 e. The summed E-state index contributed by atoms with van der Waals surface area (Å²) in [7, 11) is 0. The van der Waals surface area contributed by atoms with Gasteiger partial charge >= 0.3 is 5.97 Å². The Labute approximate surface area is 87.3 Å². The van der Waals surface area contributed by atoms with Crippen molar-refractivity contribution in [3.05, 3.63) is 60.5 Å². The van der Waals surface area contributed by atoms with Crippen LogP contribution in [0.1, 0.15) is 0 Å². The fourth-order valence-corrected chi connectivity index (χ4v) is 0.834. The number of carbonyl (C=O) groups is 1. The van der Waals surface area contributed by atoms with Gasteiger partial charge in [0.25, 0.3) is 0 Å². The molecule has 4 heteroatoms. The standard InChI is InChI=1S/C11H10N2O2/c14-11(15)10-6-2-1-4-8-12-13-9-5-3-7-10/h1-9H,(H,14,15). The molecule has 0 saturated carbocycles. The lowest BCUT2D eigenvalue weighted by Gasteiger charge is -1.90. The first-order valence-corrected chi connectivity index (χ1v) is 4.30. The summed E-state index contributed by atoms with van der Waals surface area (Å²) in [4.78, 5) is 10.7. The molecule has 1 N–H and O–H groups in total. The molecule has 0 unspecified atom stereocenters. The van der Waals surface area contributed by atoms with Crippen LogP contribution in [0.15, 0.2) is 70.7 Å². The Morgan fingerprint density at radius 2 is 1.67 bits per heavy atom. The minimum absolute atomic E-state index is 0.210. The second kappa shape index (κ2) is 6.26. The number of nitrogens with zero attached hydrogens (tertiary/aromatic N) is 2. The monoisotopic (exact) mass is 202 g/mol. The topological polar surface area (TPSA) is 62.0 Å². The van der Waals surface area contributed by atoms with Crippen molar-refractivity contribution >= 4 is 5.97 Å². The van der Waals surface area contributed by atoms with Crippen molar-refractivity contribution in [2.24, 2.45) is 10.2 Å². The van der Waals surface area contributed by atoms with Gasteiger partial charge in [-0.25, -0.2) is 4.79 Å². The van der Waals surface area contributed by atoms with Crippen LogP contribution in [-0.2, 0) is 4.79 Å². The summed E-state index contributed by atoms with van der Waals surface area (Å²) in [6.07, 6.45) is 14.2. The zero-order valence-corrected chi connectivity index (χ0v) is 7.95. The quantitative estimate of drug-likeness (QED) is 0.710. The van der Waals surface area contributed by atoms with E-state index in [-0.39, 0.29) is 5.57 Å². The third kappa shape index (κ3) is 4.52. The zero-order valence-electron chi connectivity index (χ0n) is 7.95. The van der Waals surface area contributed by atoms with Crippen LogP contribution in [0.2, 0.25) is 0 Å². The van der Waals surface area contributed by atoms with Gasteiger partial charge in [0.1, 0.15) is 0 Å². The Morgan fingerprint density at radius 1 is 1.00 bits per heavy atom. The normalized spacial score (nSPS) is 15.6. The molecule has 0 radical (unpaired) electrons. The number of azo groups is 1. The van der Waals surface area contributed by atoms with E-state index < -0.39 is 5.97 Å². The van der Waals surface area contributed by atoms with E-state index >= 15 is 0 Å². The van der Waals surface area contributed by atoms with Crippen LogP contribution >= 0.6 is 0 Å². The van der Waals surface area contributed by atoms with E-state index in [0.29, 0.717) is 0 Å². The summed E-state index contributed by atoms with van der Waals surface area (Å²) in [6, 6.07) is 0. The first-order valence-electron chi connectivity index (χ1n) is 4.30. The van der Waals surface area contributed by atoms with E-state index in [4.69, 9.17) is 5.11 Å². The summed E-state index contributed by atoms with van der Waals surface area (Å²) < 4.78 is 0. The van der Waals surface area contributed by atoms with Crippen LogP contribution < -0.4 is 0 Å². The van der Waals surface area contributed by atoms with Crippen LogP contribution in [0, 0.1) is 0 Å². The minimum Gasteiger partial charge on any atom is -0.478 e. The molecular weight excluding hydrogens is 192 g/mol. The number of allylic oxidation sites excluding steroid dienone is 6. The van der Waals surface area contributed by atoms with Crippen molar-refractivity contribution in [3.8, 4) is 0 Å². The molecule has 1 aliphatic heterocycles. The smallest absolute Gasteiger partial charge is 0.335 e. The van der Waals surface area contributed by atoms with E-state index in [0.717, 1.165) is 0 Å². The Morgan fingerprint density at radius 3 is 2.33 bits per heavy atom. The van der Waals surface area contributed by atoms with Gasteiger partial charge in [-0.1, -0.05) is 18.2 Å². The van der Waals surface area contributed by atoms with Crippen LogP contribution in [0.5, 0.6) is 0 Å². The summed E-state index contributed by atoms with van der Waals surface area (Å²) in [5, 5.41) is 16.2. The van der Waals surface area contributed by atoms with Crippen molar-refractivity contribution in [1.82, 2.24) is 0 Å². The lowest BCUT2D eigenvalue weighted by atomic mass is 10.2. The van der Waals surface area contributed by atoms with Gasteiger partial charge in [-0.05, 0) is 24.3 Å². The van der Waals surface area contributed by atoms with Crippen LogP contribution in [-0.4, -0.2) is 11.1 Å². The average molecular weight is 202 g/mol. The summed E-state index contributed by atoms with van der Waals surface area (Å²) in [5.74, 6) is -0.966. The van der Waals surface area contributed by atoms with Gasteiger partial charge in [0.05, 0.1) is 5.57 Å². The Hall–Kier alpha value is -2.23. The second-order valence-corrected chi connectivity index (χ2v) is 2.59. The van der Waals surface area contributed by atoms with Crippen molar-refractivity contribution in [2.45, 2.75) is 0 Å². The molecule has 0 aromatic carbocycles. The molecule has 0 fully saturated rings. The fourth-order valence-electron chi connectivity index (χ4n) is 0.834. The first kappa shape index (κ1) is 10.8. The molecule has 1 aliphatic rings. The van der Waals surface area contributed by atoms with Gasteiger partial charge in [-0.3, -0.25) is 0 Å². The molecule has 15 heavy (non-hydrogen) atoms. The highest BCUT2D eigenvalue weighted by Crippen LogP contribution is 1.99. The molecular formula is C11H10N2O2.